The predicted molar refractivity (Wildman–Crippen MR) is 129 cm³/mol. The molecule has 3 aromatic carbocycles. The van der Waals surface area contributed by atoms with Gasteiger partial charge in [-0.05, 0) is 42.3 Å². The van der Waals surface area contributed by atoms with Crippen LogP contribution in [0.2, 0.25) is 0 Å². The Bertz CT molecular complexity index is 1040. The molecule has 3 rings (SSSR count). The van der Waals surface area contributed by atoms with Crippen LogP contribution in [0.4, 0.5) is 0 Å². The molecule has 0 unspecified atom stereocenters. The average Bonchev–Trinajstić information content (AvgIpc) is 2.81. The Kier molecular flexibility index (Phi) is 8.45. The molecule has 0 spiro atoms. The molecule has 0 bridgehead atoms. The summed E-state index contributed by atoms with van der Waals surface area (Å²) in [5.74, 6) is 0.133. The number of aryl methyl sites for hydroxylation is 1. The molecule has 0 aromatic heterocycles. The second-order valence-electron chi connectivity index (χ2n) is 7.57. The summed E-state index contributed by atoms with van der Waals surface area (Å²) in [6.07, 6.45) is 0.413. The molecule has 2 amide bonds. The molecule has 0 fully saturated rings. The summed E-state index contributed by atoms with van der Waals surface area (Å²) in [4.78, 5) is 27.8. The van der Waals surface area contributed by atoms with Gasteiger partial charge in [0.25, 0.3) is 5.91 Å². The molecule has 1 N–H and O–H groups in total. The first-order valence-corrected chi connectivity index (χ1v) is 11.2. The molecule has 1 atom stereocenters. The monoisotopic (exact) mass is 494 g/mol. The zero-order valence-corrected chi connectivity index (χ0v) is 19.8. The van der Waals surface area contributed by atoms with Gasteiger partial charge in [0, 0.05) is 24.5 Å². The number of halogens is 1. The Balaban J connectivity index is 1.86. The van der Waals surface area contributed by atoms with Gasteiger partial charge in [-0.3, -0.25) is 9.59 Å². The van der Waals surface area contributed by atoms with Gasteiger partial charge in [0.15, 0.2) is 6.61 Å². The highest BCUT2D eigenvalue weighted by Gasteiger charge is 2.30. The second-order valence-corrected chi connectivity index (χ2v) is 8.49. The lowest BCUT2D eigenvalue weighted by Gasteiger charge is -2.31. The van der Waals surface area contributed by atoms with Crippen molar-refractivity contribution in [3.63, 3.8) is 0 Å². The number of nitrogens with zero attached hydrogens (tertiary/aromatic N) is 1. The molecule has 0 heterocycles. The van der Waals surface area contributed by atoms with E-state index < -0.39 is 6.04 Å². The summed E-state index contributed by atoms with van der Waals surface area (Å²) in [5.41, 5.74) is 3.04. The largest absolute Gasteiger partial charge is 0.484 e. The lowest BCUT2D eigenvalue weighted by molar-refractivity contribution is -0.142. The smallest absolute Gasteiger partial charge is 0.261 e. The average molecular weight is 495 g/mol. The Morgan fingerprint density at radius 3 is 2.31 bits per heavy atom. The van der Waals surface area contributed by atoms with Gasteiger partial charge in [0.1, 0.15) is 11.8 Å². The van der Waals surface area contributed by atoms with Gasteiger partial charge >= 0.3 is 0 Å². The van der Waals surface area contributed by atoms with Crippen LogP contribution in [-0.4, -0.2) is 36.4 Å². The minimum atomic E-state index is -0.663. The maximum Gasteiger partial charge on any atom is 0.261 e. The van der Waals surface area contributed by atoms with Crippen LogP contribution < -0.4 is 10.1 Å². The number of hydrogen-bond acceptors (Lipinski definition) is 3. The van der Waals surface area contributed by atoms with Crippen molar-refractivity contribution in [2.75, 3.05) is 13.7 Å². The molecular weight excluding hydrogens is 468 g/mol. The molecule has 0 aliphatic heterocycles. The highest BCUT2D eigenvalue weighted by molar-refractivity contribution is 9.10. The standard InChI is InChI=1S/C26H27BrN2O3/c1-19-7-6-10-21(15-19)17-29(25(30)18-32-23-13-11-22(27)12-14-23)24(26(31)28-2)16-20-8-4-3-5-9-20/h3-15,24H,16-18H2,1-2H3,(H,28,31)/t24-/m1/s1. The summed E-state index contributed by atoms with van der Waals surface area (Å²) in [6, 6.07) is 24.3. The van der Waals surface area contributed by atoms with Crippen molar-refractivity contribution in [2.24, 2.45) is 0 Å². The fourth-order valence-electron chi connectivity index (χ4n) is 3.49. The third-order valence-electron chi connectivity index (χ3n) is 5.13. The molecule has 0 saturated heterocycles. The van der Waals surface area contributed by atoms with Crippen LogP contribution in [0.5, 0.6) is 5.75 Å². The number of amides is 2. The number of likely N-dealkylation sites (N-methyl/N-ethyl adjacent to an activating group) is 1. The van der Waals surface area contributed by atoms with Gasteiger partial charge in [-0.25, -0.2) is 0 Å². The zero-order chi connectivity index (χ0) is 22.9. The van der Waals surface area contributed by atoms with E-state index in [1.54, 1.807) is 24.1 Å². The molecule has 6 heteroatoms. The van der Waals surface area contributed by atoms with Gasteiger partial charge in [0.05, 0.1) is 0 Å². The first-order valence-electron chi connectivity index (χ1n) is 10.4. The van der Waals surface area contributed by atoms with Crippen molar-refractivity contribution in [3.8, 4) is 5.75 Å². The van der Waals surface area contributed by atoms with E-state index in [1.807, 2.05) is 73.7 Å². The first kappa shape index (κ1) is 23.5. The van der Waals surface area contributed by atoms with E-state index in [9.17, 15) is 9.59 Å². The minimum Gasteiger partial charge on any atom is -0.484 e. The minimum absolute atomic E-state index is 0.157. The van der Waals surface area contributed by atoms with Crippen molar-refractivity contribution >= 4 is 27.7 Å². The van der Waals surface area contributed by atoms with Gasteiger partial charge in [0.2, 0.25) is 5.91 Å². The summed E-state index contributed by atoms with van der Waals surface area (Å²) in [5, 5.41) is 2.72. The fraction of sp³-hybridized carbons (Fsp3) is 0.231. The van der Waals surface area contributed by atoms with E-state index in [-0.39, 0.29) is 18.4 Å². The molecule has 166 valence electrons. The number of carbonyl (C=O) groups is 2. The lowest BCUT2D eigenvalue weighted by Crippen LogP contribution is -2.51. The van der Waals surface area contributed by atoms with Gasteiger partial charge in [-0.1, -0.05) is 76.1 Å². The van der Waals surface area contributed by atoms with Crippen LogP contribution in [0.15, 0.2) is 83.3 Å². The third-order valence-corrected chi connectivity index (χ3v) is 5.66. The lowest BCUT2D eigenvalue weighted by atomic mass is 10.0. The van der Waals surface area contributed by atoms with E-state index >= 15 is 0 Å². The summed E-state index contributed by atoms with van der Waals surface area (Å²) in [6.45, 7) is 2.16. The zero-order valence-electron chi connectivity index (χ0n) is 18.3. The first-order chi connectivity index (χ1) is 15.5. The summed E-state index contributed by atoms with van der Waals surface area (Å²) >= 11 is 3.39. The normalized spacial score (nSPS) is 11.5. The van der Waals surface area contributed by atoms with Gasteiger partial charge in [-0.2, -0.15) is 0 Å². The van der Waals surface area contributed by atoms with E-state index in [2.05, 4.69) is 21.2 Å². The molecule has 0 saturated carbocycles. The maximum atomic E-state index is 13.3. The van der Waals surface area contributed by atoms with Gasteiger partial charge < -0.3 is 15.0 Å². The van der Waals surface area contributed by atoms with Crippen LogP contribution >= 0.6 is 15.9 Å². The summed E-state index contributed by atoms with van der Waals surface area (Å²) < 4.78 is 6.67. The molecule has 3 aromatic rings. The number of carbonyl (C=O) groups excluding carboxylic acids is 2. The van der Waals surface area contributed by atoms with Gasteiger partial charge in [-0.15, -0.1) is 0 Å². The van der Waals surface area contributed by atoms with E-state index in [0.717, 1.165) is 21.2 Å². The molecule has 5 nitrogen and oxygen atoms in total. The Morgan fingerprint density at radius 1 is 0.969 bits per heavy atom. The third kappa shape index (κ3) is 6.69. The topological polar surface area (TPSA) is 58.6 Å². The Labute approximate surface area is 197 Å². The van der Waals surface area contributed by atoms with Crippen LogP contribution in [0.3, 0.4) is 0 Å². The molecule has 0 aliphatic rings. The fourth-order valence-corrected chi connectivity index (χ4v) is 3.75. The Hall–Kier alpha value is -3.12. The highest BCUT2D eigenvalue weighted by atomic mass is 79.9. The molecule has 32 heavy (non-hydrogen) atoms. The highest BCUT2D eigenvalue weighted by Crippen LogP contribution is 2.18. The number of rotatable bonds is 9. The van der Waals surface area contributed by atoms with Crippen LogP contribution in [0, 0.1) is 6.92 Å². The second kappa shape index (κ2) is 11.5. The van der Waals surface area contributed by atoms with Crippen molar-refractivity contribution in [2.45, 2.75) is 25.9 Å². The van der Waals surface area contributed by atoms with Crippen LogP contribution in [0.1, 0.15) is 16.7 Å². The van der Waals surface area contributed by atoms with E-state index in [4.69, 9.17) is 4.74 Å². The number of benzene rings is 3. The predicted octanol–water partition coefficient (Wildman–Crippen LogP) is 4.52. The number of hydrogen-bond donors (Lipinski definition) is 1. The SMILES string of the molecule is CNC(=O)[C@@H](Cc1ccccc1)N(Cc1cccc(C)c1)C(=O)COc1ccc(Br)cc1. The number of nitrogens with one attached hydrogen (secondary N) is 1. The Morgan fingerprint density at radius 2 is 1.66 bits per heavy atom. The summed E-state index contributed by atoms with van der Waals surface area (Å²) in [7, 11) is 1.59. The maximum absolute atomic E-state index is 13.3. The van der Waals surface area contributed by atoms with Crippen LogP contribution in [0.25, 0.3) is 0 Å². The molecule has 0 radical (unpaired) electrons. The molecule has 0 aliphatic carbocycles. The van der Waals surface area contributed by atoms with Crippen molar-refractivity contribution in [1.29, 1.82) is 0 Å². The van der Waals surface area contributed by atoms with E-state index in [1.165, 1.54) is 0 Å². The van der Waals surface area contributed by atoms with E-state index in [0.29, 0.717) is 18.7 Å². The number of ether oxygens (including phenoxy) is 1. The van der Waals surface area contributed by atoms with Crippen molar-refractivity contribution < 1.29 is 14.3 Å². The van der Waals surface area contributed by atoms with Crippen molar-refractivity contribution in [1.82, 2.24) is 10.2 Å². The molecular formula is C26H27BrN2O3. The quantitative estimate of drug-likeness (QED) is 0.475. The van der Waals surface area contributed by atoms with Crippen molar-refractivity contribution in [3.05, 3.63) is 100 Å². The van der Waals surface area contributed by atoms with Crippen LogP contribution in [-0.2, 0) is 22.6 Å².